The molecule has 0 atom stereocenters. The summed E-state index contributed by atoms with van der Waals surface area (Å²) in [6, 6.07) is 4.61. The number of rotatable bonds is 6. The summed E-state index contributed by atoms with van der Waals surface area (Å²) in [7, 11) is 1.79. The van der Waals surface area contributed by atoms with Crippen molar-refractivity contribution < 1.29 is 9.18 Å². The molecule has 0 saturated heterocycles. The van der Waals surface area contributed by atoms with E-state index in [-0.39, 0.29) is 11.7 Å². The van der Waals surface area contributed by atoms with Gasteiger partial charge in [0.25, 0.3) is 0 Å². The van der Waals surface area contributed by atoms with E-state index in [1.165, 1.54) is 6.07 Å². The summed E-state index contributed by atoms with van der Waals surface area (Å²) < 4.78 is 13.9. The Hall–Kier alpha value is -1.13. The van der Waals surface area contributed by atoms with Crippen LogP contribution in [0.2, 0.25) is 5.02 Å². The van der Waals surface area contributed by atoms with Gasteiger partial charge in [0.05, 0.1) is 0 Å². The van der Waals surface area contributed by atoms with E-state index in [1.807, 2.05) is 13.8 Å². The molecule has 0 saturated carbocycles. The second-order valence-corrected chi connectivity index (χ2v) is 5.52. The van der Waals surface area contributed by atoms with E-state index in [4.69, 9.17) is 11.6 Å². The molecule has 0 radical (unpaired) electrons. The van der Waals surface area contributed by atoms with E-state index < -0.39 is 5.41 Å². The average molecular weight is 287 g/mol. The zero-order valence-corrected chi connectivity index (χ0v) is 12.3. The van der Waals surface area contributed by atoms with Crippen molar-refractivity contribution in [3.63, 3.8) is 0 Å². The molecule has 0 spiro atoms. The van der Waals surface area contributed by atoms with E-state index in [1.54, 1.807) is 19.2 Å². The summed E-state index contributed by atoms with van der Waals surface area (Å²) in [6.45, 7) is 4.67. The lowest BCUT2D eigenvalue weighted by atomic mass is 9.84. The highest BCUT2D eigenvalue weighted by Crippen LogP contribution is 2.31. The molecule has 1 aromatic carbocycles. The summed E-state index contributed by atoms with van der Waals surface area (Å²) in [6.07, 6.45) is 0.400. The fourth-order valence-corrected chi connectivity index (χ4v) is 2.30. The van der Waals surface area contributed by atoms with Gasteiger partial charge in [0.1, 0.15) is 5.82 Å². The van der Waals surface area contributed by atoms with Crippen LogP contribution in [0.25, 0.3) is 0 Å². The molecule has 1 aromatic rings. The predicted octanol–water partition coefficient (Wildman–Crippen LogP) is 2.48. The van der Waals surface area contributed by atoms with Crippen molar-refractivity contribution in [2.24, 2.45) is 0 Å². The summed E-state index contributed by atoms with van der Waals surface area (Å²) in [5, 5.41) is 6.09. The molecule has 2 N–H and O–H groups in total. The van der Waals surface area contributed by atoms with Crippen LogP contribution >= 0.6 is 11.6 Å². The van der Waals surface area contributed by atoms with Crippen molar-refractivity contribution in [2.45, 2.75) is 25.7 Å². The van der Waals surface area contributed by atoms with Crippen LogP contribution in [-0.2, 0) is 10.2 Å². The van der Waals surface area contributed by atoms with E-state index >= 15 is 0 Å². The minimum Gasteiger partial charge on any atom is -0.355 e. The Kier molecular flexibility index (Phi) is 5.76. The Labute approximate surface area is 118 Å². The molecule has 3 nitrogen and oxygen atoms in total. The van der Waals surface area contributed by atoms with E-state index in [0.717, 1.165) is 0 Å². The van der Waals surface area contributed by atoms with Crippen LogP contribution in [0.15, 0.2) is 18.2 Å². The summed E-state index contributed by atoms with van der Waals surface area (Å²) in [5.74, 6) is -0.406. The molecular weight excluding hydrogens is 267 g/mol. The monoisotopic (exact) mass is 286 g/mol. The maximum absolute atomic E-state index is 13.9. The molecule has 0 aliphatic rings. The lowest BCUT2D eigenvalue weighted by Crippen LogP contribution is -2.38. The van der Waals surface area contributed by atoms with Gasteiger partial charge in [-0.25, -0.2) is 4.39 Å². The van der Waals surface area contributed by atoms with Gasteiger partial charge in [-0.15, -0.1) is 0 Å². The first-order chi connectivity index (χ1) is 8.88. The number of nitrogens with one attached hydrogen (secondary N) is 2. The first-order valence-electron chi connectivity index (χ1n) is 6.24. The molecule has 0 aliphatic heterocycles. The fraction of sp³-hybridized carbons (Fsp3) is 0.500. The molecule has 106 valence electrons. The number of hydrogen-bond acceptors (Lipinski definition) is 2. The third-order valence-corrected chi connectivity index (χ3v) is 3.28. The maximum atomic E-state index is 13.9. The van der Waals surface area contributed by atoms with Crippen LogP contribution in [-0.4, -0.2) is 26.0 Å². The first kappa shape index (κ1) is 15.9. The van der Waals surface area contributed by atoms with Crippen LogP contribution in [0.3, 0.4) is 0 Å². The molecule has 19 heavy (non-hydrogen) atoms. The number of hydrogen-bond donors (Lipinski definition) is 2. The number of benzene rings is 1. The Morgan fingerprint density at radius 2 is 2.11 bits per heavy atom. The topological polar surface area (TPSA) is 41.1 Å². The molecule has 0 bridgehead atoms. The molecule has 5 heteroatoms. The molecule has 0 aromatic heterocycles. The molecule has 1 rings (SSSR count). The van der Waals surface area contributed by atoms with Gasteiger partial charge in [-0.2, -0.15) is 0 Å². The predicted molar refractivity (Wildman–Crippen MR) is 76.0 cm³/mol. The SMILES string of the molecule is CNCCC(=O)NCC(C)(C)c1c(F)cccc1Cl. The quantitative estimate of drug-likeness (QED) is 0.843. The van der Waals surface area contributed by atoms with Crippen molar-refractivity contribution in [2.75, 3.05) is 20.1 Å². The number of carbonyl (C=O) groups is 1. The Morgan fingerprint density at radius 1 is 1.42 bits per heavy atom. The van der Waals surface area contributed by atoms with Gasteiger partial charge >= 0.3 is 0 Å². The van der Waals surface area contributed by atoms with Crippen molar-refractivity contribution in [3.05, 3.63) is 34.6 Å². The normalized spacial score (nSPS) is 11.4. The third kappa shape index (κ3) is 4.48. The van der Waals surface area contributed by atoms with Gasteiger partial charge in [0.2, 0.25) is 5.91 Å². The third-order valence-electron chi connectivity index (χ3n) is 2.97. The van der Waals surface area contributed by atoms with Crippen molar-refractivity contribution in [1.29, 1.82) is 0 Å². The summed E-state index contributed by atoms with van der Waals surface area (Å²) >= 11 is 6.05. The molecular formula is C14H20ClFN2O. The van der Waals surface area contributed by atoms with E-state index in [2.05, 4.69) is 10.6 Å². The number of carbonyl (C=O) groups excluding carboxylic acids is 1. The van der Waals surface area contributed by atoms with Gasteiger partial charge < -0.3 is 10.6 Å². The zero-order chi connectivity index (χ0) is 14.5. The second-order valence-electron chi connectivity index (χ2n) is 5.11. The van der Waals surface area contributed by atoms with Crippen molar-refractivity contribution in [1.82, 2.24) is 10.6 Å². The zero-order valence-electron chi connectivity index (χ0n) is 11.5. The molecule has 1 amide bonds. The Bertz CT molecular complexity index is 429. The van der Waals surface area contributed by atoms with Crippen LogP contribution < -0.4 is 10.6 Å². The van der Waals surface area contributed by atoms with Gasteiger partial charge in [-0.1, -0.05) is 31.5 Å². The van der Waals surface area contributed by atoms with Gasteiger partial charge in [-0.3, -0.25) is 4.79 Å². The second kappa shape index (κ2) is 6.87. The fourth-order valence-electron chi connectivity index (χ4n) is 1.88. The first-order valence-corrected chi connectivity index (χ1v) is 6.62. The van der Waals surface area contributed by atoms with Gasteiger partial charge in [-0.05, 0) is 19.2 Å². The van der Waals surface area contributed by atoms with Gasteiger partial charge in [0, 0.05) is 35.5 Å². The average Bonchev–Trinajstić information content (AvgIpc) is 2.33. The van der Waals surface area contributed by atoms with Crippen LogP contribution in [0.4, 0.5) is 4.39 Å². The molecule has 0 heterocycles. The molecule has 0 unspecified atom stereocenters. The number of halogens is 2. The standard InChI is InChI=1S/C14H20ClFN2O/c1-14(2,9-18-12(19)7-8-17-3)13-10(15)5-4-6-11(13)16/h4-6,17H,7-9H2,1-3H3,(H,18,19). The molecule has 0 fully saturated rings. The van der Waals surface area contributed by atoms with Crippen molar-refractivity contribution >= 4 is 17.5 Å². The largest absolute Gasteiger partial charge is 0.355 e. The lowest BCUT2D eigenvalue weighted by molar-refractivity contribution is -0.121. The van der Waals surface area contributed by atoms with Crippen LogP contribution in [0.5, 0.6) is 0 Å². The summed E-state index contributed by atoms with van der Waals surface area (Å²) in [4.78, 5) is 11.6. The number of amides is 1. The Morgan fingerprint density at radius 3 is 2.68 bits per heavy atom. The van der Waals surface area contributed by atoms with Crippen molar-refractivity contribution in [3.8, 4) is 0 Å². The van der Waals surface area contributed by atoms with Gasteiger partial charge in [0.15, 0.2) is 0 Å². The van der Waals surface area contributed by atoms with E-state index in [9.17, 15) is 9.18 Å². The molecule has 0 aliphatic carbocycles. The highest BCUT2D eigenvalue weighted by molar-refractivity contribution is 6.31. The summed E-state index contributed by atoms with van der Waals surface area (Å²) in [5.41, 5.74) is -0.122. The van der Waals surface area contributed by atoms with E-state index in [0.29, 0.717) is 30.1 Å². The van der Waals surface area contributed by atoms with Crippen LogP contribution in [0, 0.1) is 5.82 Å². The smallest absolute Gasteiger partial charge is 0.221 e. The minimum absolute atomic E-state index is 0.0603. The lowest BCUT2D eigenvalue weighted by Gasteiger charge is -2.27. The highest BCUT2D eigenvalue weighted by Gasteiger charge is 2.27. The van der Waals surface area contributed by atoms with Crippen LogP contribution in [0.1, 0.15) is 25.8 Å². The highest BCUT2D eigenvalue weighted by atomic mass is 35.5. The minimum atomic E-state index is -0.558. The maximum Gasteiger partial charge on any atom is 0.221 e. The Balaban J connectivity index is 2.73.